The van der Waals surface area contributed by atoms with Crippen LogP contribution in [0.1, 0.15) is 11.3 Å². The first-order valence-electron chi connectivity index (χ1n) is 11.3. The van der Waals surface area contributed by atoms with Gasteiger partial charge in [0.05, 0.1) is 53.2 Å². The van der Waals surface area contributed by atoms with E-state index in [0.717, 1.165) is 5.56 Å². The van der Waals surface area contributed by atoms with Crippen molar-refractivity contribution < 1.29 is 9.47 Å². The quantitative estimate of drug-likeness (QED) is 0.364. The standard InChI is InChI=1S/C26H29ClN4O4/c1-29(2)14-19(34-3)15-30-23(17-35-16-18-9-5-4-6-10-18)25-21(13-24(30)32)28-31(26(25)33)22-12-8-7-11-20(22)27/h4-13,19,28H,14-17H2,1-3H3. The summed E-state index contributed by atoms with van der Waals surface area (Å²) in [6, 6.07) is 18.2. The average molecular weight is 497 g/mol. The molecule has 0 aliphatic heterocycles. The lowest BCUT2D eigenvalue weighted by Gasteiger charge is -2.22. The van der Waals surface area contributed by atoms with Gasteiger partial charge in [0.2, 0.25) is 0 Å². The van der Waals surface area contributed by atoms with E-state index in [2.05, 4.69) is 5.10 Å². The molecule has 8 nitrogen and oxygen atoms in total. The van der Waals surface area contributed by atoms with Gasteiger partial charge in [-0.25, -0.2) is 4.68 Å². The molecule has 2 aromatic carbocycles. The smallest absolute Gasteiger partial charge is 0.281 e. The zero-order valence-corrected chi connectivity index (χ0v) is 20.8. The lowest BCUT2D eigenvalue weighted by molar-refractivity contribution is 0.0594. The summed E-state index contributed by atoms with van der Waals surface area (Å²) in [5.41, 5.74) is 1.88. The van der Waals surface area contributed by atoms with Crippen molar-refractivity contribution in [2.45, 2.75) is 25.9 Å². The third-order valence-electron chi connectivity index (χ3n) is 5.80. The number of nitrogens with zero attached hydrogens (tertiary/aromatic N) is 3. The number of nitrogens with one attached hydrogen (secondary N) is 1. The van der Waals surface area contributed by atoms with E-state index in [4.69, 9.17) is 21.1 Å². The SMILES string of the molecule is COC(CN(C)C)Cn1c(COCc2ccccc2)c2c(=O)n(-c3ccccc3Cl)[nH]c2cc1=O. The second kappa shape index (κ2) is 11.0. The highest BCUT2D eigenvalue weighted by molar-refractivity contribution is 6.32. The number of benzene rings is 2. The number of hydrogen-bond donors (Lipinski definition) is 1. The van der Waals surface area contributed by atoms with Crippen LogP contribution >= 0.6 is 11.6 Å². The molecular weight excluding hydrogens is 468 g/mol. The van der Waals surface area contributed by atoms with Gasteiger partial charge in [0, 0.05) is 19.7 Å². The molecule has 2 heterocycles. The third kappa shape index (κ3) is 5.57. The molecule has 9 heteroatoms. The maximum Gasteiger partial charge on any atom is 0.281 e. The van der Waals surface area contributed by atoms with Crippen molar-refractivity contribution >= 4 is 22.5 Å². The number of halogens is 1. The fraction of sp³-hybridized carbons (Fsp3) is 0.308. The van der Waals surface area contributed by atoms with Crippen LogP contribution in [-0.4, -0.2) is 53.1 Å². The van der Waals surface area contributed by atoms with Gasteiger partial charge < -0.3 is 18.9 Å². The minimum absolute atomic E-state index is 0.0789. The summed E-state index contributed by atoms with van der Waals surface area (Å²) in [7, 11) is 5.50. The summed E-state index contributed by atoms with van der Waals surface area (Å²) in [5.74, 6) is 0. The number of aromatic amines is 1. The van der Waals surface area contributed by atoms with Crippen molar-refractivity contribution in [3.63, 3.8) is 0 Å². The lowest BCUT2D eigenvalue weighted by Crippen LogP contribution is -2.36. The molecule has 0 saturated heterocycles. The Kier molecular flexibility index (Phi) is 7.87. The zero-order chi connectivity index (χ0) is 24.9. The highest BCUT2D eigenvalue weighted by Crippen LogP contribution is 2.21. The van der Waals surface area contributed by atoms with Crippen LogP contribution in [0, 0.1) is 0 Å². The van der Waals surface area contributed by atoms with Crippen LogP contribution < -0.4 is 11.1 Å². The Hall–Kier alpha value is -3.17. The Bertz CT molecular complexity index is 1410. The minimum Gasteiger partial charge on any atom is -0.378 e. The van der Waals surface area contributed by atoms with Crippen molar-refractivity contribution in [2.24, 2.45) is 0 Å². The van der Waals surface area contributed by atoms with Gasteiger partial charge in [-0.2, -0.15) is 0 Å². The largest absolute Gasteiger partial charge is 0.378 e. The van der Waals surface area contributed by atoms with Crippen LogP contribution in [0.4, 0.5) is 0 Å². The Morgan fingerprint density at radius 3 is 2.43 bits per heavy atom. The lowest BCUT2D eigenvalue weighted by atomic mass is 10.2. The van der Waals surface area contributed by atoms with Gasteiger partial charge in [-0.3, -0.25) is 14.7 Å². The van der Waals surface area contributed by atoms with Crippen molar-refractivity contribution in [3.05, 3.63) is 97.7 Å². The van der Waals surface area contributed by atoms with E-state index in [1.807, 2.05) is 49.3 Å². The molecule has 0 bridgehead atoms. The number of hydrogen-bond acceptors (Lipinski definition) is 5. The summed E-state index contributed by atoms with van der Waals surface area (Å²) >= 11 is 6.36. The van der Waals surface area contributed by atoms with Crippen molar-refractivity contribution in [1.82, 2.24) is 19.2 Å². The predicted octanol–water partition coefficient (Wildman–Crippen LogP) is 3.43. The van der Waals surface area contributed by atoms with E-state index in [9.17, 15) is 9.59 Å². The first-order chi connectivity index (χ1) is 16.9. The molecule has 0 spiro atoms. The monoisotopic (exact) mass is 496 g/mol. The van der Waals surface area contributed by atoms with Gasteiger partial charge in [0.15, 0.2) is 0 Å². The second-order valence-corrected chi connectivity index (χ2v) is 9.04. The third-order valence-corrected chi connectivity index (χ3v) is 6.12. The molecule has 1 atom stereocenters. The fourth-order valence-corrected chi connectivity index (χ4v) is 4.34. The second-order valence-electron chi connectivity index (χ2n) is 8.63. The number of aromatic nitrogens is 3. The fourth-order valence-electron chi connectivity index (χ4n) is 4.12. The van der Waals surface area contributed by atoms with Gasteiger partial charge >= 0.3 is 0 Å². The molecule has 0 saturated carbocycles. The number of pyridine rings is 1. The van der Waals surface area contributed by atoms with Crippen LogP contribution in [0.3, 0.4) is 0 Å². The van der Waals surface area contributed by atoms with Crippen LogP contribution in [0.25, 0.3) is 16.6 Å². The Morgan fingerprint density at radius 2 is 1.74 bits per heavy atom. The topological polar surface area (TPSA) is 81.5 Å². The van der Waals surface area contributed by atoms with E-state index >= 15 is 0 Å². The molecule has 4 aromatic rings. The first kappa shape index (κ1) is 24.9. The normalized spacial score (nSPS) is 12.5. The van der Waals surface area contributed by atoms with Gasteiger partial charge in [-0.1, -0.05) is 54.1 Å². The molecule has 184 valence electrons. The number of rotatable bonds is 10. The number of para-hydroxylation sites is 1. The van der Waals surface area contributed by atoms with Gasteiger partial charge in [0.25, 0.3) is 11.1 Å². The van der Waals surface area contributed by atoms with E-state index < -0.39 is 0 Å². The molecule has 0 amide bonds. The van der Waals surface area contributed by atoms with E-state index in [1.54, 1.807) is 35.9 Å². The van der Waals surface area contributed by atoms with Gasteiger partial charge in [-0.15, -0.1) is 0 Å². The van der Waals surface area contributed by atoms with Crippen molar-refractivity contribution in [1.29, 1.82) is 0 Å². The van der Waals surface area contributed by atoms with E-state index in [0.29, 0.717) is 40.5 Å². The van der Waals surface area contributed by atoms with Crippen molar-refractivity contribution in [3.8, 4) is 5.69 Å². The summed E-state index contributed by atoms with van der Waals surface area (Å²) in [6.07, 6.45) is -0.252. The summed E-state index contributed by atoms with van der Waals surface area (Å²) in [4.78, 5) is 28.8. The molecule has 0 aliphatic carbocycles. The Labute approximate surface area is 208 Å². The zero-order valence-electron chi connectivity index (χ0n) is 20.0. The highest BCUT2D eigenvalue weighted by Gasteiger charge is 2.21. The molecule has 1 N–H and O–H groups in total. The molecule has 4 rings (SSSR count). The predicted molar refractivity (Wildman–Crippen MR) is 137 cm³/mol. The summed E-state index contributed by atoms with van der Waals surface area (Å²) < 4.78 is 14.6. The molecule has 1 unspecified atom stereocenters. The Balaban J connectivity index is 1.81. The van der Waals surface area contributed by atoms with Crippen LogP contribution in [0.5, 0.6) is 0 Å². The average Bonchev–Trinajstić information content (AvgIpc) is 3.16. The molecule has 35 heavy (non-hydrogen) atoms. The van der Waals surface area contributed by atoms with Crippen molar-refractivity contribution in [2.75, 3.05) is 27.7 Å². The Morgan fingerprint density at radius 1 is 1.03 bits per heavy atom. The van der Waals surface area contributed by atoms with E-state index in [1.165, 1.54) is 10.7 Å². The molecule has 2 aromatic heterocycles. The summed E-state index contributed by atoms with van der Waals surface area (Å²) in [6.45, 7) is 1.32. The number of H-pyrrole nitrogens is 1. The van der Waals surface area contributed by atoms with Gasteiger partial charge in [-0.05, 0) is 31.8 Å². The van der Waals surface area contributed by atoms with E-state index in [-0.39, 0.29) is 30.4 Å². The number of fused-ring (bicyclic) bond motifs is 1. The maximum atomic E-state index is 13.6. The number of ether oxygens (including phenoxy) is 2. The number of likely N-dealkylation sites (N-methyl/N-ethyl adjacent to an activating group) is 1. The molecule has 0 aliphatic rings. The number of methoxy groups -OCH3 is 1. The van der Waals surface area contributed by atoms with Crippen LogP contribution in [0.2, 0.25) is 5.02 Å². The van der Waals surface area contributed by atoms with Gasteiger partial charge in [0.1, 0.15) is 0 Å². The highest BCUT2D eigenvalue weighted by atomic mass is 35.5. The molecular formula is C26H29ClN4O4. The molecule has 0 radical (unpaired) electrons. The van der Waals surface area contributed by atoms with Crippen LogP contribution in [-0.2, 0) is 29.2 Å². The van der Waals surface area contributed by atoms with Crippen LogP contribution in [0.15, 0.2) is 70.3 Å². The molecule has 0 fully saturated rings. The maximum absolute atomic E-state index is 13.6. The minimum atomic E-state index is -0.304. The first-order valence-corrected chi connectivity index (χ1v) is 11.7. The summed E-state index contributed by atoms with van der Waals surface area (Å²) in [5, 5.41) is 3.85.